The molecule has 1 unspecified atom stereocenters. The van der Waals surface area contributed by atoms with E-state index in [1.165, 1.54) is 63.4 Å². The lowest BCUT2D eigenvalue weighted by Crippen LogP contribution is -2.49. The molecule has 0 saturated heterocycles. The van der Waals surface area contributed by atoms with Crippen LogP contribution >= 0.6 is 0 Å². The Kier molecular flexibility index (Phi) is 8.12. The van der Waals surface area contributed by atoms with Crippen molar-refractivity contribution in [3.8, 4) is 0 Å². The molecule has 5 rings (SSSR count). The molecule has 0 spiro atoms. The largest absolute Gasteiger partial charge is 0.338 e. The Morgan fingerprint density at radius 3 is 2.56 bits per heavy atom. The summed E-state index contributed by atoms with van der Waals surface area (Å²) in [6, 6.07) is 0.157. The van der Waals surface area contributed by atoms with Gasteiger partial charge in [-0.05, 0) is 98.5 Å². The molecule has 0 aromatic rings. The second-order valence-electron chi connectivity index (χ2n) is 11.5. The Balaban J connectivity index is 1.28. The number of unbranched alkanes of at least 4 members (excludes halogenated alkanes) is 2. The number of amides is 2. The summed E-state index contributed by atoms with van der Waals surface area (Å²) in [6.45, 7) is 7.83. The second kappa shape index (κ2) is 11.0. The van der Waals surface area contributed by atoms with Gasteiger partial charge < -0.3 is 10.2 Å². The summed E-state index contributed by atoms with van der Waals surface area (Å²) < 4.78 is 0. The molecule has 178 valence electrons. The van der Waals surface area contributed by atoms with Crippen LogP contribution in [0.4, 0.5) is 4.79 Å². The maximum Gasteiger partial charge on any atom is 0.317 e. The molecule has 4 nitrogen and oxygen atoms in total. The fraction of sp³-hybridized carbons (Fsp3) is 0.786. The van der Waals surface area contributed by atoms with Crippen molar-refractivity contribution in [2.24, 2.45) is 34.1 Å². The predicted octanol–water partition coefficient (Wildman–Crippen LogP) is 6.39. The van der Waals surface area contributed by atoms with Gasteiger partial charge in [0.05, 0.1) is 6.54 Å². The first-order chi connectivity index (χ1) is 15.5. The first-order valence-electron chi connectivity index (χ1n) is 13.4. The van der Waals surface area contributed by atoms with Crippen LogP contribution in [0, 0.1) is 29.1 Å². The minimum atomic E-state index is 0.157. The normalized spacial score (nSPS) is 31.3. The molecule has 1 heterocycles. The van der Waals surface area contributed by atoms with Crippen molar-refractivity contribution >= 4 is 12.2 Å². The standard InChI is InChI=1S/C28H45N3O/c1-3-4-5-12-31(13-9-28-18-24-15-25(19-28)17-26(16-24)20-28)27(32)30-21-22(2)14-23-7-6-10-29-11-8-23/h6-8,11,22,24-26H,3-5,9-10,12-21H2,1-2H3,(H,30,32). The molecular weight excluding hydrogens is 394 g/mol. The molecule has 4 fully saturated rings. The lowest BCUT2D eigenvalue weighted by Gasteiger charge is -2.57. The van der Waals surface area contributed by atoms with Crippen molar-refractivity contribution in [3.05, 3.63) is 23.8 Å². The van der Waals surface area contributed by atoms with Gasteiger partial charge in [-0.15, -0.1) is 0 Å². The Morgan fingerprint density at radius 1 is 1.16 bits per heavy atom. The summed E-state index contributed by atoms with van der Waals surface area (Å²) in [5.41, 5.74) is 1.85. The maximum absolute atomic E-state index is 13.2. The molecule has 4 aliphatic carbocycles. The number of carbonyl (C=O) groups is 1. The van der Waals surface area contributed by atoms with Gasteiger partial charge in [0.15, 0.2) is 0 Å². The molecule has 2 amide bonds. The van der Waals surface area contributed by atoms with Gasteiger partial charge >= 0.3 is 6.03 Å². The quantitative estimate of drug-likeness (QED) is 0.373. The third-order valence-electron chi connectivity index (χ3n) is 8.52. The lowest BCUT2D eigenvalue weighted by atomic mass is 9.49. The van der Waals surface area contributed by atoms with Crippen LogP contribution in [0.5, 0.6) is 0 Å². The first-order valence-corrected chi connectivity index (χ1v) is 13.4. The monoisotopic (exact) mass is 439 g/mol. The van der Waals surface area contributed by atoms with E-state index in [1.54, 1.807) is 0 Å². The van der Waals surface area contributed by atoms with Crippen LogP contribution < -0.4 is 5.32 Å². The lowest BCUT2D eigenvalue weighted by molar-refractivity contribution is -0.0596. The van der Waals surface area contributed by atoms with E-state index in [2.05, 4.69) is 47.3 Å². The zero-order valence-electron chi connectivity index (χ0n) is 20.5. The van der Waals surface area contributed by atoms with Crippen LogP contribution in [-0.4, -0.2) is 43.3 Å². The van der Waals surface area contributed by atoms with Crippen LogP contribution in [0.15, 0.2) is 28.8 Å². The van der Waals surface area contributed by atoms with Crippen molar-refractivity contribution in [1.82, 2.24) is 10.2 Å². The third-order valence-corrected chi connectivity index (χ3v) is 8.52. The summed E-state index contributed by atoms with van der Waals surface area (Å²) in [6.07, 6.45) is 22.8. The van der Waals surface area contributed by atoms with Crippen LogP contribution in [-0.2, 0) is 0 Å². The maximum atomic E-state index is 13.2. The average Bonchev–Trinajstić information content (AvgIpc) is 3.02. The van der Waals surface area contributed by atoms with E-state index in [4.69, 9.17) is 0 Å². The van der Waals surface area contributed by atoms with E-state index in [1.807, 2.05) is 6.21 Å². The number of allylic oxidation sites excluding steroid dienone is 3. The van der Waals surface area contributed by atoms with Gasteiger partial charge in [0, 0.05) is 25.8 Å². The smallest absolute Gasteiger partial charge is 0.317 e. The minimum Gasteiger partial charge on any atom is -0.338 e. The van der Waals surface area contributed by atoms with E-state index in [9.17, 15) is 4.79 Å². The summed E-state index contributed by atoms with van der Waals surface area (Å²) in [5, 5.41) is 3.28. The number of nitrogens with zero attached hydrogens (tertiary/aromatic N) is 2. The predicted molar refractivity (Wildman–Crippen MR) is 134 cm³/mol. The van der Waals surface area contributed by atoms with Crippen molar-refractivity contribution < 1.29 is 4.79 Å². The first kappa shape index (κ1) is 23.6. The summed E-state index contributed by atoms with van der Waals surface area (Å²) >= 11 is 0. The van der Waals surface area contributed by atoms with Gasteiger partial charge in [-0.2, -0.15) is 0 Å². The fourth-order valence-electron chi connectivity index (χ4n) is 7.35. The average molecular weight is 440 g/mol. The Bertz CT molecular complexity index is 687. The number of nitrogens with one attached hydrogen (secondary N) is 1. The Morgan fingerprint density at radius 2 is 1.88 bits per heavy atom. The Hall–Kier alpha value is -1.58. The Labute approximate surface area is 196 Å². The van der Waals surface area contributed by atoms with E-state index in [-0.39, 0.29) is 6.03 Å². The van der Waals surface area contributed by atoms with E-state index >= 15 is 0 Å². The highest BCUT2D eigenvalue weighted by molar-refractivity contribution is 5.74. The summed E-state index contributed by atoms with van der Waals surface area (Å²) in [5.74, 6) is 3.38. The number of hydrogen-bond donors (Lipinski definition) is 1. The topological polar surface area (TPSA) is 44.7 Å². The minimum absolute atomic E-state index is 0.157. The molecule has 0 aromatic heterocycles. The number of carbonyl (C=O) groups excluding carboxylic acids is 1. The highest BCUT2D eigenvalue weighted by Crippen LogP contribution is 2.61. The van der Waals surface area contributed by atoms with Crippen LogP contribution in [0.25, 0.3) is 0 Å². The molecule has 0 radical (unpaired) electrons. The van der Waals surface area contributed by atoms with Gasteiger partial charge in [0.1, 0.15) is 0 Å². The fourth-order valence-corrected chi connectivity index (χ4v) is 7.35. The molecule has 1 N–H and O–H groups in total. The van der Waals surface area contributed by atoms with Crippen molar-refractivity contribution in [2.75, 3.05) is 26.2 Å². The zero-order valence-corrected chi connectivity index (χ0v) is 20.5. The SMILES string of the molecule is CCCCCN(CCC12CC3CC(CC(C3)C1)C2)C(=O)NCC(C)CC1=CC=NCC=C1. The van der Waals surface area contributed by atoms with Crippen molar-refractivity contribution in [3.63, 3.8) is 0 Å². The van der Waals surface area contributed by atoms with Crippen LogP contribution in [0.3, 0.4) is 0 Å². The van der Waals surface area contributed by atoms with Gasteiger partial charge in [-0.3, -0.25) is 4.99 Å². The van der Waals surface area contributed by atoms with Crippen molar-refractivity contribution in [2.45, 2.75) is 84.5 Å². The van der Waals surface area contributed by atoms with E-state index in [0.717, 1.165) is 56.8 Å². The van der Waals surface area contributed by atoms with E-state index < -0.39 is 0 Å². The number of hydrogen-bond acceptors (Lipinski definition) is 2. The highest BCUT2D eigenvalue weighted by atomic mass is 16.2. The van der Waals surface area contributed by atoms with Crippen LogP contribution in [0.1, 0.15) is 84.5 Å². The molecular formula is C28H45N3O. The molecule has 4 saturated carbocycles. The summed E-state index contributed by atoms with van der Waals surface area (Å²) in [7, 11) is 0. The number of urea groups is 1. The molecule has 1 aliphatic heterocycles. The van der Waals surface area contributed by atoms with E-state index in [0.29, 0.717) is 11.3 Å². The number of rotatable bonds is 11. The zero-order chi connectivity index (χ0) is 22.4. The molecule has 32 heavy (non-hydrogen) atoms. The highest BCUT2D eigenvalue weighted by Gasteiger charge is 2.50. The van der Waals surface area contributed by atoms with Gasteiger partial charge in [-0.1, -0.05) is 38.8 Å². The summed E-state index contributed by atoms with van der Waals surface area (Å²) in [4.78, 5) is 19.6. The molecule has 0 aromatic carbocycles. The molecule has 5 aliphatic rings. The number of aliphatic imine (C=N–C) groups is 1. The second-order valence-corrected chi connectivity index (χ2v) is 11.5. The van der Waals surface area contributed by atoms with Gasteiger partial charge in [0.2, 0.25) is 0 Å². The molecule has 1 atom stereocenters. The molecule has 4 heteroatoms. The van der Waals surface area contributed by atoms with Gasteiger partial charge in [-0.25, -0.2) is 4.79 Å². The van der Waals surface area contributed by atoms with Crippen molar-refractivity contribution in [1.29, 1.82) is 0 Å². The van der Waals surface area contributed by atoms with Crippen LogP contribution in [0.2, 0.25) is 0 Å². The molecule has 4 bridgehead atoms. The third kappa shape index (κ3) is 6.26. The van der Waals surface area contributed by atoms with Gasteiger partial charge in [0.25, 0.3) is 0 Å².